The Bertz CT molecular complexity index is 270. The zero-order valence-electron chi connectivity index (χ0n) is 15.6. The largest absolute Gasteiger partial charge is 0.350 e. The third-order valence-electron chi connectivity index (χ3n) is 4.15. The highest BCUT2D eigenvalue weighted by Gasteiger charge is 2.25. The summed E-state index contributed by atoms with van der Waals surface area (Å²) in [7, 11) is 0. The summed E-state index contributed by atoms with van der Waals surface area (Å²) in [4.78, 5) is 5.13. The van der Waals surface area contributed by atoms with Gasteiger partial charge in [-0.05, 0) is 40.5 Å². The molecule has 126 valence electrons. The second-order valence-electron chi connectivity index (χ2n) is 5.69. The first kappa shape index (κ1) is 20.3. The monoisotopic (exact) mass is 298 g/mol. The van der Waals surface area contributed by atoms with Crippen molar-refractivity contribution in [3.8, 4) is 0 Å². The van der Waals surface area contributed by atoms with Gasteiger partial charge in [-0.2, -0.15) is 0 Å². The van der Waals surface area contributed by atoms with E-state index in [1.54, 1.807) is 0 Å². The van der Waals surface area contributed by atoms with Crippen molar-refractivity contribution in [1.82, 2.24) is 9.80 Å². The molecule has 0 aromatic rings. The number of hydrogen-bond donors (Lipinski definition) is 0. The smallest absolute Gasteiger partial charge is 0.265 e. The molecule has 0 unspecified atom stereocenters. The van der Waals surface area contributed by atoms with Crippen molar-refractivity contribution in [3.05, 3.63) is 0 Å². The molecule has 0 amide bonds. The number of guanidine groups is 1. The molecule has 0 N–H and O–H groups in total. The fourth-order valence-corrected chi connectivity index (χ4v) is 2.90. The van der Waals surface area contributed by atoms with Crippen molar-refractivity contribution >= 4 is 5.96 Å². The standard InChI is InChI=1S/C18H40N3/c1-7-13-14-15-17-21(12-6)18(19(9-3)10-4)20(11-5)16-8-2/h7-17H2,1-6H3/q+1. The van der Waals surface area contributed by atoms with Crippen molar-refractivity contribution in [2.24, 2.45) is 0 Å². The minimum Gasteiger partial charge on any atom is -0.265 e. The van der Waals surface area contributed by atoms with E-state index in [9.17, 15) is 0 Å². The molecular formula is C18H40N3+. The van der Waals surface area contributed by atoms with Gasteiger partial charge in [-0.3, -0.25) is 14.4 Å². The van der Waals surface area contributed by atoms with Crippen molar-refractivity contribution in [2.75, 3.05) is 39.3 Å². The second-order valence-corrected chi connectivity index (χ2v) is 5.69. The molecule has 0 heterocycles. The molecule has 0 bridgehead atoms. The van der Waals surface area contributed by atoms with E-state index in [0.29, 0.717) is 0 Å². The van der Waals surface area contributed by atoms with Crippen LogP contribution in [-0.2, 0) is 0 Å². The molecule has 0 aromatic heterocycles. The molecule has 0 saturated heterocycles. The highest BCUT2D eigenvalue weighted by atomic mass is 15.4. The van der Waals surface area contributed by atoms with E-state index in [-0.39, 0.29) is 0 Å². The Kier molecular flexibility index (Phi) is 12.5. The van der Waals surface area contributed by atoms with Crippen molar-refractivity contribution < 1.29 is 4.58 Å². The lowest BCUT2D eigenvalue weighted by Gasteiger charge is -2.29. The van der Waals surface area contributed by atoms with Gasteiger partial charge in [0.15, 0.2) is 0 Å². The van der Waals surface area contributed by atoms with Crippen molar-refractivity contribution in [3.63, 3.8) is 0 Å². The number of nitrogens with zero attached hydrogens (tertiary/aromatic N) is 3. The third kappa shape index (κ3) is 7.19. The van der Waals surface area contributed by atoms with Crippen LogP contribution in [0.25, 0.3) is 0 Å². The lowest BCUT2D eigenvalue weighted by molar-refractivity contribution is -0.534. The fourth-order valence-electron chi connectivity index (χ4n) is 2.90. The van der Waals surface area contributed by atoms with Crippen molar-refractivity contribution in [2.45, 2.75) is 73.6 Å². The van der Waals surface area contributed by atoms with Gasteiger partial charge in [-0.15, -0.1) is 0 Å². The molecule has 3 heteroatoms. The average molecular weight is 299 g/mol. The molecule has 3 nitrogen and oxygen atoms in total. The maximum absolute atomic E-state index is 2.60. The molecular weight excluding hydrogens is 258 g/mol. The van der Waals surface area contributed by atoms with Crippen LogP contribution in [0.2, 0.25) is 0 Å². The summed E-state index contributed by atoms with van der Waals surface area (Å²) in [5.41, 5.74) is 0. The first-order chi connectivity index (χ1) is 10.2. The van der Waals surface area contributed by atoms with Gasteiger partial charge in [0.2, 0.25) is 0 Å². The van der Waals surface area contributed by atoms with Crippen LogP contribution in [0.1, 0.15) is 73.6 Å². The van der Waals surface area contributed by atoms with Crippen LogP contribution in [-0.4, -0.2) is 59.6 Å². The summed E-state index contributed by atoms with van der Waals surface area (Å²) < 4.78 is 2.57. The van der Waals surface area contributed by atoms with E-state index in [1.165, 1.54) is 44.6 Å². The van der Waals surface area contributed by atoms with E-state index in [1.807, 2.05) is 0 Å². The molecule has 0 spiro atoms. The molecule has 0 saturated carbocycles. The van der Waals surface area contributed by atoms with Gasteiger partial charge in [-0.1, -0.05) is 33.1 Å². The number of hydrogen-bond acceptors (Lipinski definition) is 0. The van der Waals surface area contributed by atoms with Crippen LogP contribution in [0, 0.1) is 0 Å². The first-order valence-electron chi connectivity index (χ1n) is 9.31. The second kappa shape index (κ2) is 13.0. The van der Waals surface area contributed by atoms with E-state index in [4.69, 9.17) is 0 Å². The molecule has 0 rings (SSSR count). The van der Waals surface area contributed by atoms with Gasteiger partial charge in [0, 0.05) is 0 Å². The Hall–Kier alpha value is -0.730. The zero-order valence-corrected chi connectivity index (χ0v) is 15.6. The highest BCUT2D eigenvalue weighted by Crippen LogP contribution is 2.06. The number of rotatable bonds is 11. The van der Waals surface area contributed by atoms with Crippen LogP contribution in [0.4, 0.5) is 0 Å². The average Bonchev–Trinajstić information content (AvgIpc) is 2.51. The number of unbranched alkanes of at least 4 members (excludes halogenated alkanes) is 3. The maximum Gasteiger partial charge on any atom is 0.350 e. The van der Waals surface area contributed by atoms with E-state index in [2.05, 4.69) is 55.9 Å². The molecule has 0 aliphatic carbocycles. The predicted octanol–water partition coefficient (Wildman–Crippen LogP) is 4.03. The van der Waals surface area contributed by atoms with Crippen molar-refractivity contribution in [1.29, 1.82) is 0 Å². The lowest BCUT2D eigenvalue weighted by atomic mass is 10.2. The highest BCUT2D eigenvalue weighted by molar-refractivity contribution is 5.75. The summed E-state index contributed by atoms with van der Waals surface area (Å²) in [5.74, 6) is 1.46. The topological polar surface area (TPSA) is 9.49 Å². The summed E-state index contributed by atoms with van der Waals surface area (Å²) in [5, 5.41) is 0. The van der Waals surface area contributed by atoms with Gasteiger partial charge in [0.05, 0.1) is 39.3 Å². The van der Waals surface area contributed by atoms with Crippen LogP contribution in [0.3, 0.4) is 0 Å². The lowest BCUT2D eigenvalue weighted by Crippen LogP contribution is -2.50. The van der Waals surface area contributed by atoms with E-state index < -0.39 is 0 Å². The first-order valence-corrected chi connectivity index (χ1v) is 9.31. The SMILES string of the molecule is CCCCCCN(CC)C(N(CC)CC)=[N+](CC)CCC. The van der Waals surface area contributed by atoms with E-state index >= 15 is 0 Å². The van der Waals surface area contributed by atoms with Gasteiger partial charge in [0.1, 0.15) is 0 Å². The minimum atomic E-state index is 1.09. The van der Waals surface area contributed by atoms with Gasteiger partial charge < -0.3 is 0 Å². The Morgan fingerprint density at radius 2 is 1.33 bits per heavy atom. The molecule has 0 aliphatic rings. The molecule has 0 atom stereocenters. The van der Waals surface area contributed by atoms with Crippen LogP contribution in [0.15, 0.2) is 0 Å². The van der Waals surface area contributed by atoms with Gasteiger partial charge in [-0.25, -0.2) is 0 Å². The molecule has 0 fully saturated rings. The minimum absolute atomic E-state index is 1.09. The fraction of sp³-hybridized carbons (Fsp3) is 0.944. The molecule has 0 aliphatic heterocycles. The summed E-state index contributed by atoms with van der Waals surface area (Å²) in [6.45, 7) is 20.4. The normalized spacial score (nSPS) is 12.3. The molecule has 0 aromatic carbocycles. The molecule has 21 heavy (non-hydrogen) atoms. The Morgan fingerprint density at radius 1 is 0.714 bits per heavy atom. The van der Waals surface area contributed by atoms with Crippen LogP contribution in [0.5, 0.6) is 0 Å². The maximum atomic E-state index is 2.60. The summed E-state index contributed by atoms with van der Waals surface area (Å²) >= 11 is 0. The Balaban J connectivity index is 5.12. The summed E-state index contributed by atoms with van der Waals surface area (Å²) in [6, 6.07) is 0. The third-order valence-corrected chi connectivity index (χ3v) is 4.15. The van der Waals surface area contributed by atoms with Gasteiger partial charge in [0.25, 0.3) is 0 Å². The predicted molar refractivity (Wildman–Crippen MR) is 95.3 cm³/mol. The zero-order chi connectivity index (χ0) is 16.1. The summed E-state index contributed by atoms with van der Waals surface area (Å²) in [6.07, 6.45) is 6.57. The Morgan fingerprint density at radius 3 is 1.76 bits per heavy atom. The Labute approximate surface area is 134 Å². The van der Waals surface area contributed by atoms with E-state index in [0.717, 1.165) is 32.7 Å². The van der Waals surface area contributed by atoms with Crippen LogP contribution >= 0.6 is 0 Å². The molecule has 0 radical (unpaired) electrons. The quantitative estimate of drug-likeness (QED) is 0.246. The van der Waals surface area contributed by atoms with Gasteiger partial charge >= 0.3 is 5.96 Å². The van der Waals surface area contributed by atoms with Crippen LogP contribution < -0.4 is 0 Å².